The first-order valence-electron chi connectivity index (χ1n) is 6.71. The van der Waals surface area contributed by atoms with Gasteiger partial charge in [0.15, 0.2) is 0 Å². The molecular formula is C17H20ClNS. The van der Waals surface area contributed by atoms with Crippen molar-refractivity contribution in [2.75, 3.05) is 7.05 Å². The highest BCUT2D eigenvalue weighted by molar-refractivity contribution is 7.98. The van der Waals surface area contributed by atoms with E-state index in [-0.39, 0.29) is 0 Å². The molecule has 0 bridgehead atoms. The maximum absolute atomic E-state index is 6.07. The Morgan fingerprint density at radius 3 is 2.40 bits per heavy atom. The summed E-state index contributed by atoms with van der Waals surface area (Å²) >= 11 is 7.94. The third kappa shape index (κ3) is 4.27. The van der Waals surface area contributed by atoms with Gasteiger partial charge in [-0.05, 0) is 50.2 Å². The fourth-order valence-electron chi connectivity index (χ4n) is 2.33. The highest BCUT2D eigenvalue weighted by Gasteiger charge is 2.05. The van der Waals surface area contributed by atoms with Crippen LogP contribution in [0.3, 0.4) is 0 Å². The lowest BCUT2D eigenvalue weighted by Gasteiger charge is -2.10. The van der Waals surface area contributed by atoms with Crippen LogP contribution >= 0.6 is 23.4 Å². The van der Waals surface area contributed by atoms with E-state index in [0.29, 0.717) is 0 Å². The Kier molecular flexibility index (Phi) is 5.53. The summed E-state index contributed by atoms with van der Waals surface area (Å²) in [7, 11) is 1.96. The topological polar surface area (TPSA) is 12.0 Å². The fraction of sp³-hybridized carbons (Fsp3) is 0.294. The number of rotatable bonds is 5. The molecule has 1 N–H and O–H groups in total. The van der Waals surface area contributed by atoms with Gasteiger partial charge in [0.25, 0.3) is 0 Å². The first kappa shape index (κ1) is 15.4. The lowest BCUT2D eigenvalue weighted by Crippen LogP contribution is -2.06. The Labute approximate surface area is 130 Å². The van der Waals surface area contributed by atoms with Crippen LogP contribution in [0.25, 0.3) is 0 Å². The summed E-state index contributed by atoms with van der Waals surface area (Å²) in [5.41, 5.74) is 5.28. The van der Waals surface area contributed by atoms with Gasteiger partial charge in [0.2, 0.25) is 0 Å². The number of aryl methyl sites for hydroxylation is 2. The first-order valence-corrected chi connectivity index (χ1v) is 8.08. The minimum atomic E-state index is 0.797. The molecule has 2 aromatic carbocycles. The van der Waals surface area contributed by atoms with E-state index >= 15 is 0 Å². The summed E-state index contributed by atoms with van der Waals surface area (Å²) < 4.78 is 0. The third-order valence-electron chi connectivity index (χ3n) is 3.07. The Morgan fingerprint density at radius 1 is 1.05 bits per heavy atom. The molecule has 0 saturated carbocycles. The molecule has 2 aromatic rings. The molecule has 0 fully saturated rings. The van der Waals surface area contributed by atoms with Crippen molar-refractivity contribution in [3.63, 3.8) is 0 Å². The zero-order chi connectivity index (χ0) is 14.5. The van der Waals surface area contributed by atoms with E-state index in [1.54, 1.807) is 0 Å². The van der Waals surface area contributed by atoms with Crippen molar-refractivity contribution < 1.29 is 0 Å². The largest absolute Gasteiger partial charge is 0.316 e. The Balaban J connectivity index is 2.13. The quantitative estimate of drug-likeness (QED) is 0.783. The van der Waals surface area contributed by atoms with Crippen LogP contribution in [0.1, 0.15) is 22.3 Å². The molecule has 3 heteroatoms. The molecule has 106 valence electrons. The third-order valence-corrected chi connectivity index (χ3v) is 4.49. The normalized spacial score (nSPS) is 10.8. The van der Waals surface area contributed by atoms with Crippen molar-refractivity contribution in [2.24, 2.45) is 0 Å². The summed E-state index contributed by atoms with van der Waals surface area (Å²) in [5, 5.41) is 3.99. The molecule has 0 heterocycles. The van der Waals surface area contributed by atoms with E-state index in [2.05, 4.69) is 43.4 Å². The van der Waals surface area contributed by atoms with E-state index in [4.69, 9.17) is 11.6 Å². The van der Waals surface area contributed by atoms with Crippen molar-refractivity contribution in [3.05, 3.63) is 63.7 Å². The molecule has 20 heavy (non-hydrogen) atoms. The maximum Gasteiger partial charge on any atom is 0.0410 e. The first-order chi connectivity index (χ1) is 9.58. The van der Waals surface area contributed by atoms with E-state index < -0.39 is 0 Å². The van der Waals surface area contributed by atoms with Gasteiger partial charge in [0.05, 0.1) is 0 Å². The fourth-order valence-corrected chi connectivity index (χ4v) is 3.50. The van der Waals surface area contributed by atoms with E-state index in [0.717, 1.165) is 17.3 Å². The van der Waals surface area contributed by atoms with Crippen LogP contribution in [0.4, 0.5) is 0 Å². The van der Waals surface area contributed by atoms with Crippen molar-refractivity contribution in [1.29, 1.82) is 0 Å². The van der Waals surface area contributed by atoms with Gasteiger partial charge in [0, 0.05) is 22.2 Å². The molecule has 0 amide bonds. The Hall–Kier alpha value is -0.960. The average molecular weight is 306 g/mol. The summed E-state index contributed by atoms with van der Waals surface area (Å²) in [6, 6.07) is 12.8. The monoisotopic (exact) mass is 305 g/mol. The van der Waals surface area contributed by atoms with Gasteiger partial charge < -0.3 is 5.32 Å². The number of benzene rings is 2. The molecule has 0 spiro atoms. The van der Waals surface area contributed by atoms with Gasteiger partial charge in [-0.1, -0.05) is 40.9 Å². The average Bonchev–Trinajstić information content (AvgIpc) is 2.37. The molecular weight excluding hydrogens is 286 g/mol. The van der Waals surface area contributed by atoms with Crippen LogP contribution in [0, 0.1) is 13.8 Å². The van der Waals surface area contributed by atoms with Gasteiger partial charge >= 0.3 is 0 Å². The number of hydrogen-bond donors (Lipinski definition) is 1. The summed E-state index contributed by atoms with van der Waals surface area (Å²) in [5.74, 6) is 0.987. The predicted octanol–water partition coefficient (Wildman–Crippen LogP) is 4.97. The molecule has 0 saturated heterocycles. The van der Waals surface area contributed by atoms with E-state index in [9.17, 15) is 0 Å². The minimum absolute atomic E-state index is 0.797. The van der Waals surface area contributed by atoms with Crippen molar-refractivity contribution in [3.8, 4) is 0 Å². The second-order valence-corrected chi connectivity index (χ2v) is 6.52. The molecule has 0 aliphatic rings. The molecule has 0 unspecified atom stereocenters. The molecule has 0 aliphatic carbocycles. The van der Waals surface area contributed by atoms with Crippen LogP contribution < -0.4 is 5.32 Å². The molecule has 0 atom stereocenters. The second kappa shape index (κ2) is 7.16. The van der Waals surface area contributed by atoms with Gasteiger partial charge in [0.1, 0.15) is 0 Å². The lowest BCUT2D eigenvalue weighted by molar-refractivity contribution is 0.803. The molecule has 0 aliphatic heterocycles. The molecule has 0 aromatic heterocycles. The van der Waals surface area contributed by atoms with Crippen molar-refractivity contribution in [2.45, 2.75) is 31.0 Å². The predicted molar refractivity (Wildman–Crippen MR) is 89.7 cm³/mol. The number of thioether (sulfide) groups is 1. The van der Waals surface area contributed by atoms with Crippen LogP contribution in [-0.4, -0.2) is 7.05 Å². The summed E-state index contributed by atoms with van der Waals surface area (Å²) in [6.45, 7) is 5.14. The van der Waals surface area contributed by atoms with Gasteiger partial charge in [-0.2, -0.15) is 0 Å². The standard InChI is InChI=1S/C17H20ClNS/c1-12-6-13(2)8-14(7-12)11-20-17-5-4-16(18)9-15(17)10-19-3/h4-9,19H,10-11H2,1-3H3. The van der Waals surface area contributed by atoms with E-state index in [1.807, 2.05) is 30.9 Å². The summed E-state index contributed by atoms with van der Waals surface area (Å²) in [6.07, 6.45) is 0. The Morgan fingerprint density at radius 2 is 1.75 bits per heavy atom. The van der Waals surface area contributed by atoms with Crippen molar-refractivity contribution in [1.82, 2.24) is 5.32 Å². The Bertz CT molecular complexity index is 575. The van der Waals surface area contributed by atoms with Crippen LogP contribution in [0.5, 0.6) is 0 Å². The smallest absolute Gasteiger partial charge is 0.0410 e. The van der Waals surface area contributed by atoms with Gasteiger partial charge in [-0.15, -0.1) is 11.8 Å². The van der Waals surface area contributed by atoms with Crippen LogP contribution in [0.2, 0.25) is 5.02 Å². The number of halogens is 1. The lowest BCUT2D eigenvalue weighted by atomic mass is 10.1. The zero-order valence-corrected chi connectivity index (χ0v) is 13.7. The number of hydrogen-bond acceptors (Lipinski definition) is 2. The van der Waals surface area contributed by atoms with E-state index in [1.165, 1.54) is 27.1 Å². The van der Waals surface area contributed by atoms with Gasteiger partial charge in [-0.3, -0.25) is 0 Å². The maximum atomic E-state index is 6.07. The van der Waals surface area contributed by atoms with Gasteiger partial charge in [-0.25, -0.2) is 0 Å². The highest BCUT2D eigenvalue weighted by atomic mass is 35.5. The highest BCUT2D eigenvalue weighted by Crippen LogP contribution is 2.29. The second-order valence-electron chi connectivity index (χ2n) is 5.07. The number of nitrogens with one attached hydrogen (secondary N) is 1. The van der Waals surface area contributed by atoms with Crippen LogP contribution in [0.15, 0.2) is 41.3 Å². The molecule has 2 rings (SSSR count). The zero-order valence-electron chi connectivity index (χ0n) is 12.2. The SMILES string of the molecule is CNCc1cc(Cl)ccc1SCc1cc(C)cc(C)c1. The molecule has 1 nitrogen and oxygen atoms in total. The summed E-state index contributed by atoms with van der Waals surface area (Å²) in [4.78, 5) is 1.29. The minimum Gasteiger partial charge on any atom is -0.316 e. The van der Waals surface area contributed by atoms with Crippen molar-refractivity contribution >= 4 is 23.4 Å². The molecule has 0 radical (unpaired) electrons. The van der Waals surface area contributed by atoms with Crippen LogP contribution in [-0.2, 0) is 12.3 Å².